The van der Waals surface area contributed by atoms with E-state index < -0.39 is 11.8 Å². The van der Waals surface area contributed by atoms with Gasteiger partial charge in [-0.15, -0.1) is 0 Å². The molecule has 0 saturated carbocycles. The normalized spacial score (nSPS) is 19.9. The van der Waals surface area contributed by atoms with Crippen molar-refractivity contribution in [3.63, 3.8) is 0 Å². The van der Waals surface area contributed by atoms with Crippen LogP contribution in [0.1, 0.15) is 6.92 Å². The average Bonchev–Trinajstić information content (AvgIpc) is 2.19. The zero-order valence-corrected chi connectivity index (χ0v) is 8.40. The lowest BCUT2D eigenvalue weighted by atomic mass is 10.2. The summed E-state index contributed by atoms with van der Waals surface area (Å²) in [5, 5.41) is 0. The van der Waals surface area contributed by atoms with Crippen molar-refractivity contribution in [2.24, 2.45) is 5.92 Å². The minimum absolute atomic E-state index is 0.213. The fourth-order valence-corrected chi connectivity index (χ4v) is 1.34. The summed E-state index contributed by atoms with van der Waals surface area (Å²) in [4.78, 5) is 35.9. The molecule has 1 aliphatic heterocycles. The Morgan fingerprint density at radius 2 is 2.00 bits per heavy atom. The van der Waals surface area contributed by atoms with Crippen LogP contribution in [0.3, 0.4) is 0 Å². The third kappa shape index (κ3) is 2.10. The SMILES string of the molecule is CC(C=O)CN1CCN(C)C(=O)C1=O. The quantitative estimate of drug-likeness (QED) is 0.437. The maximum absolute atomic E-state index is 11.4. The van der Waals surface area contributed by atoms with Gasteiger partial charge in [0.15, 0.2) is 0 Å². The summed E-state index contributed by atoms with van der Waals surface area (Å²) in [5.74, 6) is -1.21. The molecule has 0 aromatic carbocycles. The summed E-state index contributed by atoms with van der Waals surface area (Å²) in [6, 6.07) is 0. The Balaban J connectivity index is 2.59. The Kier molecular flexibility index (Phi) is 3.22. The second-order valence-corrected chi connectivity index (χ2v) is 3.59. The third-order valence-electron chi connectivity index (χ3n) is 2.26. The number of amides is 2. The summed E-state index contributed by atoms with van der Waals surface area (Å²) >= 11 is 0. The van der Waals surface area contributed by atoms with Gasteiger partial charge in [-0.2, -0.15) is 0 Å². The largest absolute Gasteiger partial charge is 0.336 e. The molecule has 0 aromatic rings. The van der Waals surface area contributed by atoms with E-state index in [-0.39, 0.29) is 5.92 Å². The average molecular weight is 198 g/mol. The molecule has 78 valence electrons. The van der Waals surface area contributed by atoms with Gasteiger partial charge in [0.25, 0.3) is 0 Å². The molecule has 0 radical (unpaired) electrons. The minimum Gasteiger partial charge on any atom is -0.336 e. The first-order valence-corrected chi connectivity index (χ1v) is 4.56. The number of carbonyl (C=O) groups is 3. The van der Waals surface area contributed by atoms with E-state index in [4.69, 9.17) is 0 Å². The van der Waals surface area contributed by atoms with Gasteiger partial charge in [0.05, 0.1) is 0 Å². The molecule has 1 atom stereocenters. The molecule has 1 heterocycles. The molecule has 2 amide bonds. The summed E-state index contributed by atoms with van der Waals surface area (Å²) in [5.41, 5.74) is 0. The number of piperazine rings is 1. The predicted octanol–water partition coefficient (Wildman–Crippen LogP) is -0.878. The van der Waals surface area contributed by atoms with E-state index in [2.05, 4.69) is 0 Å². The lowest BCUT2D eigenvalue weighted by Crippen LogP contribution is -2.53. The maximum atomic E-state index is 11.4. The first-order chi connectivity index (χ1) is 6.56. The zero-order valence-electron chi connectivity index (χ0n) is 8.40. The molecular weight excluding hydrogens is 184 g/mol. The second kappa shape index (κ2) is 4.21. The molecule has 5 nitrogen and oxygen atoms in total. The topological polar surface area (TPSA) is 57.7 Å². The highest BCUT2D eigenvalue weighted by Crippen LogP contribution is 2.05. The van der Waals surface area contributed by atoms with Crippen LogP contribution in [0.2, 0.25) is 0 Å². The molecule has 0 bridgehead atoms. The minimum atomic E-state index is -0.507. The summed E-state index contributed by atoms with van der Waals surface area (Å²) in [7, 11) is 1.60. The van der Waals surface area contributed by atoms with E-state index >= 15 is 0 Å². The van der Waals surface area contributed by atoms with Gasteiger partial charge in [-0.1, -0.05) is 6.92 Å². The Morgan fingerprint density at radius 1 is 1.36 bits per heavy atom. The number of likely N-dealkylation sites (N-methyl/N-ethyl adjacent to an activating group) is 1. The van der Waals surface area contributed by atoms with Crippen LogP contribution in [0.15, 0.2) is 0 Å². The van der Waals surface area contributed by atoms with Gasteiger partial charge in [0.1, 0.15) is 6.29 Å². The number of aldehydes is 1. The molecule has 14 heavy (non-hydrogen) atoms. The number of nitrogens with zero attached hydrogens (tertiary/aromatic N) is 2. The van der Waals surface area contributed by atoms with Crippen LogP contribution in [0, 0.1) is 5.92 Å². The van der Waals surface area contributed by atoms with E-state index in [1.54, 1.807) is 14.0 Å². The molecule has 5 heteroatoms. The van der Waals surface area contributed by atoms with Gasteiger partial charge >= 0.3 is 11.8 Å². The van der Waals surface area contributed by atoms with Gasteiger partial charge in [0, 0.05) is 32.6 Å². The van der Waals surface area contributed by atoms with Gasteiger partial charge in [0.2, 0.25) is 0 Å². The van der Waals surface area contributed by atoms with E-state index in [1.807, 2.05) is 0 Å². The number of hydrogen-bond acceptors (Lipinski definition) is 3. The van der Waals surface area contributed by atoms with E-state index in [0.29, 0.717) is 19.6 Å². The first kappa shape index (κ1) is 10.7. The van der Waals surface area contributed by atoms with Crippen molar-refractivity contribution in [2.45, 2.75) is 6.92 Å². The monoisotopic (exact) mass is 198 g/mol. The van der Waals surface area contributed by atoms with Crippen LogP contribution in [0.25, 0.3) is 0 Å². The van der Waals surface area contributed by atoms with Gasteiger partial charge in [-0.05, 0) is 0 Å². The van der Waals surface area contributed by atoms with Gasteiger partial charge < -0.3 is 14.6 Å². The van der Waals surface area contributed by atoms with Crippen molar-refractivity contribution >= 4 is 18.1 Å². The maximum Gasteiger partial charge on any atom is 0.312 e. The molecule has 1 rings (SSSR count). The standard InChI is InChI=1S/C9H14N2O3/c1-7(6-12)5-11-4-3-10(2)8(13)9(11)14/h6-7H,3-5H2,1-2H3. The Bertz CT molecular complexity index is 265. The second-order valence-electron chi connectivity index (χ2n) is 3.59. The molecule has 1 fully saturated rings. The van der Waals surface area contributed by atoms with Crippen LogP contribution >= 0.6 is 0 Å². The molecule has 1 aliphatic rings. The zero-order chi connectivity index (χ0) is 10.7. The molecular formula is C9H14N2O3. The van der Waals surface area contributed by atoms with Crippen LogP contribution < -0.4 is 0 Å². The molecule has 1 saturated heterocycles. The highest BCUT2D eigenvalue weighted by Gasteiger charge is 2.30. The Labute approximate surface area is 82.7 Å². The van der Waals surface area contributed by atoms with Crippen LogP contribution in [-0.2, 0) is 14.4 Å². The van der Waals surface area contributed by atoms with Crippen molar-refractivity contribution in [2.75, 3.05) is 26.7 Å². The smallest absolute Gasteiger partial charge is 0.312 e. The fourth-order valence-electron chi connectivity index (χ4n) is 1.34. The van der Waals surface area contributed by atoms with Crippen LogP contribution in [0.5, 0.6) is 0 Å². The van der Waals surface area contributed by atoms with E-state index in [1.165, 1.54) is 9.80 Å². The molecule has 0 spiro atoms. The van der Waals surface area contributed by atoms with Gasteiger partial charge in [-0.3, -0.25) is 9.59 Å². The summed E-state index contributed by atoms with van der Waals surface area (Å²) < 4.78 is 0. The van der Waals surface area contributed by atoms with Crippen molar-refractivity contribution in [1.29, 1.82) is 0 Å². The molecule has 0 aliphatic carbocycles. The number of rotatable bonds is 3. The van der Waals surface area contributed by atoms with Gasteiger partial charge in [-0.25, -0.2) is 0 Å². The Morgan fingerprint density at radius 3 is 2.57 bits per heavy atom. The highest BCUT2D eigenvalue weighted by atomic mass is 16.2. The molecule has 0 N–H and O–H groups in total. The highest BCUT2D eigenvalue weighted by molar-refractivity contribution is 6.35. The Hall–Kier alpha value is -1.39. The van der Waals surface area contributed by atoms with Crippen molar-refractivity contribution < 1.29 is 14.4 Å². The van der Waals surface area contributed by atoms with Crippen molar-refractivity contribution in [1.82, 2.24) is 9.80 Å². The third-order valence-corrected chi connectivity index (χ3v) is 2.26. The first-order valence-electron chi connectivity index (χ1n) is 4.56. The van der Waals surface area contributed by atoms with Crippen LogP contribution in [-0.4, -0.2) is 54.6 Å². The lowest BCUT2D eigenvalue weighted by molar-refractivity contribution is -0.155. The summed E-state index contributed by atoms with van der Waals surface area (Å²) in [6.45, 7) is 3.11. The number of carbonyl (C=O) groups excluding carboxylic acids is 3. The molecule has 1 unspecified atom stereocenters. The molecule has 0 aromatic heterocycles. The van der Waals surface area contributed by atoms with Crippen LogP contribution in [0.4, 0.5) is 0 Å². The number of hydrogen-bond donors (Lipinski definition) is 0. The summed E-state index contributed by atoms with van der Waals surface area (Å²) in [6.07, 6.45) is 0.788. The van der Waals surface area contributed by atoms with Crippen molar-refractivity contribution in [3.05, 3.63) is 0 Å². The van der Waals surface area contributed by atoms with E-state index in [9.17, 15) is 14.4 Å². The van der Waals surface area contributed by atoms with Crippen molar-refractivity contribution in [3.8, 4) is 0 Å². The fraction of sp³-hybridized carbons (Fsp3) is 0.667. The van der Waals surface area contributed by atoms with E-state index in [0.717, 1.165) is 6.29 Å². The predicted molar refractivity (Wildman–Crippen MR) is 49.4 cm³/mol. The lowest BCUT2D eigenvalue weighted by Gasteiger charge is -2.32.